The van der Waals surface area contributed by atoms with Gasteiger partial charge in [0.1, 0.15) is 5.76 Å². The first-order valence-corrected chi connectivity index (χ1v) is 7.24. The molecular formula is C16H16N4O3. The summed E-state index contributed by atoms with van der Waals surface area (Å²) >= 11 is 0. The third-order valence-electron chi connectivity index (χ3n) is 3.50. The van der Waals surface area contributed by atoms with Crippen LogP contribution in [0.4, 0.5) is 5.82 Å². The van der Waals surface area contributed by atoms with E-state index in [0.29, 0.717) is 17.0 Å². The molecule has 1 aromatic carbocycles. The second kappa shape index (κ2) is 6.04. The number of aromatic nitrogens is 3. The number of fused-ring (bicyclic) bond motifs is 1. The van der Waals surface area contributed by atoms with E-state index in [2.05, 4.69) is 15.6 Å². The lowest BCUT2D eigenvalue weighted by Gasteiger charge is -2.08. The van der Waals surface area contributed by atoms with Gasteiger partial charge in [-0.1, -0.05) is 23.4 Å². The molecule has 2 heterocycles. The predicted octanol–water partition coefficient (Wildman–Crippen LogP) is 2.03. The molecular weight excluding hydrogens is 296 g/mol. The summed E-state index contributed by atoms with van der Waals surface area (Å²) in [5.74, 6) is 0.726. The van der Waals surface area contributed by atoms with Crippen LogP contribution in [0.5, 0.6) is 0 Å². The Morgan fingerprint density at radius 3 is 2.70 bits per heavy atom. The highest BCUT2D eigenvalue weighted by atomic mass is 16.5. The molecule has 2 aromatic heterocycles. The first kappa shape index (κ1) is 15.0. The van der Waals surface area contributed by atoms with Crippen LogP contribution in [0.25, 0.3) is 10.8 Å². The highest BCUT2D eigenvalue weighted by Crippen LogP contribution is 2.12. The van der Waals surface area contributed by atoms with Gasteiger partial charge in [-0.3, -0.25) is 9.59 Å². The Balaban J connectivity index is 1.75. The summed E-state index contributed by atoms with van der Waals surface area (Å²) < 4.78 is 6.20. The first-order valence-electron chi connectivity index (χ1n) is 7.24. The number of amides is 1. The van der Waals surface area contributed by atoms with Gasteiger partial charge in [-0.05, 0) is 19.9 Å². The molecule has 0 radical (unpaired) electrons. The largest absolute Gasteiger partial charge is 0.360 e. The molecule has 0 spiro atoms. The van der Waals surface area contributed by atoms with Crippen molar-refractivity contribution in [3.05, 3.63) is 52.1 Å². The molecule has 3 rings (SSSR count). The number of aryl methyl sites for hydroxylation is 3. The van der Waals surface area contributed by atoms with Crippen molar-refractivity contribution in [1.82, 2.24) is 14.9 Å². The lowest BCUT2D eigenvalue weighted by atomic mass is 10.1. The fourth-order valence-corrected chi connectivity index (χ4v) is 2.39. The van der Waals surface area contributed by atoms with Crippen LogP contribution in [0.3, 0.4) is 0 Å². The molecule has 0 atom stereocenters. The van der Waals surface area contributed by atoms with E-state index in [4.69, 9.17) is 4.52 Å². The number of carbonyl (C=O) groups excluding carboxylic acids is 1. The molecule has 0 saturated carbocycles. The summed E-state index contributed by atoms with van der Waals surface area (Å²) in [6.45, 7) is 3.79. The zero-order valence-electron chi connectivity index (χ0n) is 12.9. The summed E-state index contributed by atoms with van der Waals surface area (Å²) in [5, 5.41) is 12.0. The summed E-state index contributed by atoms with van der Waals surface area (Å²) in [7, 11) is 0. The van der Waals surface area contributed by atoms with Gasteiger partial charge in [-0.25, -0.2) is 4.68 Å². The third kappa shape index (κ3) is 3.13. The van der Waals surface area contributed by atoms with Crippen molar-refractivity contribution < 1.29 is 9.32 Å². The van der Waals surface area contributed by atoms with E-state index >= 15 is 0 Å². The Bertz CT molecular complexity index is 926. The number of hydrogen-bond acceptors (Lipinski definition) is 5. The van der Waals surface area contributed by atoms with Crippen LogP contribution in [-0.2, 0) is 11.3 Å². The van der Waals surface area contributed by atoms with Crippen molar-refractivity contribution >= 4 is 22.5 Å². The average Bonchev–Trinajstić information content (AvgIpc) is 2.94. The average molecular weight is 312 g/mol. The van der Waals surface area contributed by atoms with Crippen LogP contribution < -0.4 is 10.9 Å². The minimum Gasteiger partial charge on any atom is -0.360 e. The van der Waals surface area contributed by atoms with Gasteiger partial charge in [0, 0.05) is 17.9 Å². The smallest absolute Gasteiger partial charge is 0.274 e. The Morgan fingerprint density at radius 2 is 2.00 bits per heavy atom. The minimum atomic E-state index is -0.252. The van der Waals surface area contributed by atoms with Crippen molar-refractivity contribution in [2.45, 2.75) is 26.8 Å². The van der Waals surface area contributed by atoms with Crippen LogP contribution in [0.2, 0.25) is 0 Å². The maximum atomic E-state index is 12.4. The van der Waals surface area contributed by atoms with Gasteiger partial charge in [0.05, 0.1) is 17.6 Å². The van der Waals surface area contributed by atoms with Gasteiger partial charge in [-0.2, -0.15) is 5.10 Å². The lowest BCUT2D eigenvalue weighted by Crippen LogP contribution is -2.26. The number of nitrogens with one attached hydrogen (secondary N) is 1. The summed E-state index contributed by atoms with van der Waals surface area (Å²) in [5.41, 5.74) is 0.559. The van der Waals surface area contributed by atoms with E-state index in [9.17, 15) is 9.59 Å². The van der Waals surface area contributed by atoms with Crippen molar-refractivity contribution in [3.63, 3.8) is 0 Å². The van der Waals surface area contributed by atoms with Crippen LogP contribution in [0, 0.1) is 13.8 Å². The van der Waals surface area contributed by atoms with Gasteiger partial charge < -0.3 is 9.84 Å². The Morgan fingerprint density at radius 1 is 1.26 bits per heavy atom. The Kier molecular flexibility index (Phi) is 3.92. The quantitative estimate of drug-likeness (QED) is 0.796. The monoisotopic (exact) mass is 312 g/mol. The molecule has 3 aromatic rings. The fourth-order valence-electron chi connectivity index (χ4n) is 2.39. The zero-order chi connectivity index (χ0) is 16.4. The van der Waals surface area contributed by atoms with Crippen LogP contribution in [0.15, 0.2) is 39.6 Å². The van der Waals surface area contributed by atoms with E-state index in [1.165, 1.54) is 4.68 Å². The number of carbonyl (C=O) groups is 1. The summed E-state index contributed by atoms with van der Waals surface area (Å²) in [4.78, 5) is 24.3. The molecule has 0 saturated heterocycles. The lowest BCUT2D eigenvalue weighted by molar-refractivity contribution is -0.116. The third-order valence-corrected chi connectivity index (χ3v) is 3.50. The van der Waals surface area contributed by atoms with Gasteiger partial charge in [0.2, 0.25) is 5.91 Å². The van der Waals surface area contributed by atoms with Gasteiger partial charge in [0.15, 0.2) is 5.82 Å². The fraction of sp³-hybridized carbons (Fsp3) is 0.250. The van der Waals surface area contributed by atoms with Gasteiger partial charge in [-0.15, -0.1) is 0 Å². The molecule has 0 aliphatic heterocycles. The second-order valence-electron chi connectivity index (χ2n) is 5.28. The SMILES string of the molecule is Cc1cc(NC(=O)CCn2nc(C)c3ccccc3c2=O)no1. The molecule has 1 N–H and O–H groups in total. The van der Waals surface area contributed by atoms with E-state index in [1.807, 2.05) is 25.1 Å². The number of anilines is 1. The molecule has 0 aliphatic rings. The molecule has 7 nitrogen and oxygen atoms in total. The second-order valence-corrected chi connectivity index (χ2v) is 5.28. The van der Waals surface area contributed by atoms with Crippen molar-refractivity contribution in [1.29, 1.82) is 0 Å². The maximum Gasteiger partial charge on any atom is 0.274 e. The van der Waals surface area contributed by atoms with Crippen LogP contribution in [-0.4, -0.2) is 20.8 Å². The predicted molar refractivity (Wildman–Crippen MR) is 85.2 cm³/mol. The van der Waals surface area contributed by atoms with E-state index < -0.39 is 0 Å². The summed E-state index contributed by atoms with van der Waals surface area (Å²) in [6.07, 6.45) is 0.122. The molecule has 0 fully saturated rings. The van der Waals surface area contributed by atoms with Crippen molar-refractivity contribution in [2.75, 3.05) is 5.32 Å². The maximum absolute atomic E-state index is 12.4. The molecule has 0 aliphatic carbocycles. The first-order chi connectivity index (χ1) is 11.0. The van der Waals surface area contributed by atoms with Crippen LogP contribution >= 0.6 is 0 Å². The molecule has 0 unspecified atom stereocenters. The highest BCUT2D eigenvalue weighted by molar-refractivity contribution is 5.89. The number of benzene rings is 1. The highest BCUT2D eigenvalue weighted by Gasteiger charge is 2.10. The number of rotatable bonds is 4. The Hall–Kier alpha value is -2.96. The van der Waals surface area contributed by atoms with Gasteiger partial charge >= 0.3 is 0 Å². The van der Waals surface area contributed by atoms with Crippen LogP contribution in [0.1, 0.15) is 17.9 Å². The molecule has 118 valence electrons. The normalized spacial score (nSPS) is 10.9. The molecule has 7 heteroatoms. The summed E-state index contributed by atoms with van der Waals surface area (Å²) in [6, 6.07) is 8.94. The minimum absolute atomic E-state index is 0.122. The molecule has 23 heavy (non-hydrogen) atoms. The van der Waals surface area contributed by atoms with Crippen molar-refractivity contribution in [2.24, 2.45) is 0 Å². The zero-order valence-corrected chi connectivity index (χ0v) is 12.9. The van der Waals surface area contributed by atoms with Crippen molar-refractivity contribution in [3.8, 4) is 0 Å². The Labute approximate surface area is 131 Å². The molecule has 1 amide bonds. The topological polar surface area (TPSA) is 90.0 Å². The molecule has 0 bridgehead atoms. The van der Waals surface area contributed by atoms with E-state index in [-0.39, 0.29) is 24.4 Å². The number of hydrogen-bond donors (Lipinski definition) is 1. The standard InChI is InChI=1S/C16H16N4O3/c1-10-9-14(19-23-10)17-15(21)7-8-20-16(22)13-6-4-3-5-12(13)11(2)18-20/h3-6,9H,7-8H2,1-2H3,(H,17,19,21). The van der Waals surface area contributed by atoms with E-state index in [0.717, 1.165) is 11.1 Å². The number of nitrogens with zero attached hydrogens (tertiary/aromatic N) is 3. The van der Waals surface area contributed by atoms with Gasteiger partial charge in [0.25, 0.3) is 5.56 Å². The van der Waals surface area contributed by atoms with E-state index in [1.54, 1.807) is 19.1 Å².